The SMILES string of the molecule is CCNC(=NCC(O)(CC)CC)NC1CC(=O)N(c2ccccc2)C1.I. The second kappa shape index (κ2) is 10.7. The van der Waals surface area contributed by atoms with Gasteiger partial charge in [0.2, 0.25) is 5.91 Å². The summed E-state index contributed by atoms with van der Waals surface area (Å²) in [6, 6.07) is 9.71. The molecule has 1 amide bonds. The molecule has 26 heavy (non-hydrogen) atoms. The Hall–Kier alpha value is -1.35. The van der Waals surface area contributed by atoms with Crippen molar-refractivity contribution >= 4 is 41.5 Å². The minimum Gasteiger partial charge on any atom is -0.388 e. The Kier molecular flexibility index (Phi) is 9.35. The quantitative estimate of drug-likeness (QED) is 0.323. The average molecular weight is 474 g/mol. The van der Waals surface area contributed by atoms with Gasteiger partial charge in [0.15, 0.2) is 5.96 Å². The van der Waals surface area contributed by atoms with Gasteiger partial charge in [-0.1, -0.05) is 32.0 Å². The lowest BCUT2D eigenvalue weighted by molar-refractivity contribution is -0.117. The van der Waals surface area contributed by atoms with Crippen molar-refractivity contribution in [2.24, 2.45) is 4.99 Å². The van der Waals surface area contributed by atoms with Crippen LogP contribution in [-0.2, 0) is 4.79 Å². The van der Waals surface area contributed by atoms with Crippen LogP contribution in [0.25, 0.3) is 0 Å². The molecule has 1 aliphatic rings. The van der Waals surface area contributed by atoms with Gasteiger partial charge in [0.05, 0.1) is 18.2 Å². The summed E-state index contributed by atoms with van der Waals surface area (Å²) in [7, 11) is 0. The Morgan fingerprint density at radius 2 is 1.92 bits per heavy atom. The lowest BCUT2D eigenvalue weighted by atomic mass is 9.98. The molecule has 2 rings (SSSR count). The molecule has 0 bridgehead atoms. The van der Waals surface area contributed by atoms with Crippen LogP contribution in [0.3, 0.4) is 0 Å². The van der Waals surface area contributed by atoms with Crippen molar-refractivity contribution in [1.29, 1.82) is 0 Å². The molecule has 1 saturated heterocycles. The molecule has 1 aromatic carbocycles. The average Bonchev–Trinajstić information content (AvgIpc) is 3.00. The Labute approximate surface area is 173 Å². The van der Waals surface area contributed by atoms with Crippen molar-refractivity contribution in [2.75, 3.05) is 24.5 Å². The molecule has 7 heteroatoms. The van der Waals surface area contributed by atoms with Gasteiger partial charge in [-0.2, -0.15) is 0 Å². The van der Waals surface area contributed by atoms with E-state index in [9.17, 15) is 9.90 Å². The number of guanidine groups is 1. The first-order valence-corrected chi connectivity index (χ1v) is 9.14. The number of anilines is 1. The summed E-state index contributed by atoms with van der Waals surface area (Å²) in [5.74, 6) is 0.758. The van der Waals surface area contributed by atoms with Crippen LogP contribution < -0.4 is 15.5 Å². The lowest BCUT2D eigenvalue weighted by Gasteiger charge is -2.24. The number of para-hydroxylation sites is 1. The number of nitrogens with one attached hydrogen (secondary N) is 2. The highest BCUT2D eigenvalue weighted by Gasteiger charge is 2.31. The molecular weight excluding hydrogens is 443 g/mol. The molecule has 1 aliphatic heterocycles. The predicted octanol–water partition coefficient (Wildman–Crippen LogP) is 2.52. The first kappa shape index (κ1) is 22.7. The van der Waals surface area contributed by atoms with Crippen LogP contribution in [0, 0.1) is 0 Å². The summed E-state index contributed by atoms with van der Waals surface area (Å²) in [6.07, 6.45) is 1.76. The summed E-state index contributed by atoms with van der Waals surface area (Å²) in [4.78, 5) is 18.6. The van der Waals surface area contributed by atoms with Crippen LogP contribution in [0.15, 0.2) is 35.3 Å². The van der Waals surface area contributed by atoms with Gasteiger partial charge in [-0.15, -0.1) is 24.0 Å². The zero-order valence-corrected chi connectivity index (χ0v) is 18.2. The third kappa shape index (κ3) is 6.12. The first-order chi connectivity index (χ1) is 12.0. The zero-order valence-electron chi connectivity index (χ0n) is 15.9. The fourth-order valence-electron chi connectivity index (χ4n) is 2.87. The van der Waals surface area contributed by atoms with E-state index in [4.69, 9.17) is 0 Å². The molecule has 1 aromatic rings. The highest BCUT2D eigenvalue weighted by molar-refractivity contribution is 14.0. The van der Waals surface area contributed by atoms with Crippen molar-refractivity contribution in [2.45, 2.75) is 51.7 Å². The summed E-state index contributed by atoms with van der Waals surface area (Å²) in [5, 5.41) is 16.9. The summed E-state index contributed by atoms with van der Waals surface area (Å²) >= 11 is 0. The van der Waals surface area contributed by atoms with Crippen LogP contribution in [0.4, 0.5) is 5.69 Å². The first-order valence-electron chi connectivity index (χ1n) is 9.14. The van der Waals surface area contributed by atoms with Gasteiger partial charge in [0.1, 0.15) is 0 Å². The number of amides is 1. The van der Waals surface area contributed by atoms with Gasteiger partial charge >= 0.3 is 0 Å². The standard InChI is InChI=1S/C19H30N4O2.HI/c1-4-19(25,5-2)14-21-18(20-6-3)22-15-12-17(24)23(13-15)16-10-8-7-9-11-16;/h7-11,15,25H,4-6,12-14H2,1-3H3,(H2,20,21,22);1H. The molecule has 0 aromatic heterocycles. The number of carbonyl (C=O) groups is 1. The van der Waals surface area contributed by atoms with Crippen LogP contribution in [0.5, 0.6) is 0 Å². The van der Waals surface area contributed by atoms with E-state index in [1.807, 2.05) is 51.1 Å². The highest BCUT2D eigenvalue weighted by atomic mass is 127. The second-order valence-corrected chi connectivity index (χ2v) is 6.51. The number of halogens is 1. The second-order valence-electron chi connectivity index (χ2n) is 6.51. The van der Waals surface area contributed by atoms with Crippen molar-refractivity contribution in [3.63, 3.8) is 0 Å². The number of carbonyl (C=O) groups excluding carboxylic acids is 1. The number of aliphatic imine (C=N–C) groups is 1. The number of rotatable bonds is 7. The minimum absolute atomic E-state index is 0. The van der Waals surface area contributed by atoms with E-state index in [0.717, 1.165) is 12.2 Å². The van der Waals surface area contributed by atoms with Crippen molar-refractivity contribution < 1.29 is 9.90 Å². The third-order valence-electron chi connectivity index (χ3n) is 4.73. The molecule has 1 unspecified atom stereocenters. The topological polar surface area (TPSA) is 77.0 Å². The maximum Gasteiger partial charge on any atom is 0.229 e. The molecule has 0 spiro atoms. The molecular formula is C19H31IN4O2. The van der Waals surface area contributed by atoms with Gasteiger partial charge < -0.3 is 20.6 Å². The van der Waals surface area contributed by atoms with E-state index in [2.05, 4.69) is 15.6 Å². The molecule has 3 N–H and O–H groups in total. The van der Waals surface area contributed by atoms with E-state index in [1.165, 1.54) is 0 Å². The molecule has 0 radical (unpaired) electrons. The largest absolute Gasteiger partial charge is 0.388 e. The molecule has 1 atom stereocenters. The minimum atomic E-state index is -0.774. The molecule has 0 saturated carbocycles. The molecule has 0 aliphatic carbocycles. The highest BCUT2D eigenvalue weighted by Crippen LogP contribution is 2.21. The Balaban J connectivity index is 0.00000338. The van der Waals surface area contributed by atoms with Gasteiger partial charge in [0, 0.05) is 25.2 Å². The number of hydrogen-bond donors (Lipinski definition) is 3. The summed E-state index contributed by atoms with van der Waals surface area (Å²) in [5.41, 5.74) is 0.147. The van der Waals surface area contributed by atoms with Gasteiger partial charge in [-0.05, 0) is 31.9 Å². The van der Waals surface area contributed by atoms with Gasteiger partial charge in [0.25, 0.3) is 0 Å². The van der Waals surface area contributed by atoms with Gasteiger partial charge in [-0.25, -0.2) is 0 Å². The van der Waals surface area contributed by atoms with Crippen LogP contribution in [0.2, 0.25) is 0 Å². The molecule has 1 fully saturated rings. The maximum absolute atomic E-state index is 12.3. The van der Waals surface area contributed by atoms with Crippen LogP contribution in [0.1, 0.15) is 40.0 Å². The predicted molar refractivity (Wildman–Crippen MR) is 117 cm³/mol. The zero-order chi connectivity index (χ0) is 18.3. The van der Waals surface area contributed by atoms with Crippen molar-refractivity contribution in [3.8, 4) is 0 Å². The molecule has 6 nitrogen and oxygen atoms in total. The Morgan fingerprint density at radius 1 is 1.27 bits per heavy atom. The maximum atomic E-state index is 12.3. The Bertz CT molecular complexity index is 590. The number of hydrogen-bond acceptors (Lipinski definition) is 3. The van der Waals surface area contributed by atoms with Crippen molar-refractivity contribution in [3.05, 3.63) is 30.3 Å². The van der Waals surface area contributed by atoms with E-state index < -0.39 is 5.60 Å². The smallest absolute Gasteiger partial charge is 0.229 e. The fraction of sp³-hybridized carbons (Fsp3) is 0.579. The van der Waals surface area contributed by atoms with Crippen molar-refractivity contribution in [1.82, 2.24) is 10.6 Å². The third-order valence-corrected chi connectivity index (χ3v) is 4.73. The Morgan fingerprint density at radius 3 is 2.50 bits per heavy atom. The monoisotopic (exact) mass is 474 g/mol. The molecule has 146 valence electrons. The number of nitrogens with zero attached hydrogens (tertiary/aromatic N) is 2. The number of aliphatic hydroxyl groups is 1. The van der Waals surface area contributed by atoms with E-state index >= 15 is 0 Å². The fourth-order valence-corrected chi connectivity index (χ4v) is 2.87. The van der Waals surface area contributed by atoms with E-state index in [0.29, 0.717) is 38.3 Å². The van der Waals surface area contributed by atoms with Gasteiger partial charge in [-0.3, -0.25) is 9.79 Å². The van der Waals surface area contributed by atoms with E-state index in [-0.39, 0.29) is 35.9 Å². The number of benzene rings is 1. The van der Waals surface area contributed by atoms with E-state index in [1.54, 1.807) is 4.90 Å². The summed E-state index contributed by atoms with van der Waals surface area (Å²) in [6.45, 7) is 7.61. The summed E-state index contributed by atoms with van der Waals surface area (Å²) < 4.78 is 0. The lowest BCUT2D eigenvalue weighted by Crippen LogP contribution is -2.45. The molecule has 1 heterocycles. The van der Waals surface area contributed by atoms with Crippen LogP contribution in [-0.4, -0.2) is 48.3 Å². The normalized spacial score (nSPS) is 17.8. The van der Waals surface area contributed by atoms with Crippen LogP contribution >= 0.6 is 24.0 Å².